The van der Waals surface area contributed by atoms with Crippen molar-refractivity contribution in [2.75, 3.05) is 7.11 Å². The third-order valence-corrected chi connectivity index (χ3v) is 8.59. The third-order valence-electron chi connectivity index (χ3n) is 3.90. The van der Waals surface area contributed by atoms with Gasteiger partial charge in [-0.05, 0) is 31.0 Å². The molecular formula is C14H18N2O5S2. The Morgan fingerprint density at radius 1 is 1.17 bits per heavy atom. The lowest BCUT2D eigenvalue weighted by Gasteiger charge is -2.19. The molecule has 0 spiro atoms. The van der Waals surface area contributed by atoms with E-state index in [0.717, 1.165) is 6.42 Å². The molecule has 1 saturated carbocycles. The summed E-state index contributed by atoms with van der Waals surface area (Å²) in [5, 5.41) is -0.831. The molecule has 1 aliphatic carbocycles. The van der Waals surface area contributed by atoms with E-state index in [9.17, 15) is 16.8 Å². The van der Waals surface area contributed by atoms with Crippen LogP contribution in [0.15, 0.2) is 29.2 Å². The van der Waals surface area contributed by atoms with Gasteiger partial charge in [0.1, 0.15) is 5.75 Å². The summed E-state index contributed by atoms with van der Waals surface area (Å²) >= 11 is 0. The van der Waals surface area contributed by atoms with E-state index in [1.165, 1.54) is 31.4 Å². The highest BCUT2D eigenvalue weighted by atomic mass is 32.3. The summed E-state index contributed by atoms with van der Waals surface area (Å²) in [5.74, 6) is 0.262. The molecule has 0 aliphatic heterocycles. The van der Waals surface area contributed by atoms with Gasteiger partial charge in [0.15, 0.2) is 0 Å². The predicted molar refractivity (Wildman–Crippen MR) is 84.6 cm³/mol. The largest absolute Gasteiger partial charge is 0.499 e. The fourth-order valence-electron chi connectivity index (χ4n) is 2.65. The van der Waals surface area contributed by atoms with Crippen LogP contribution in [-0.4, -0.2) is 38.4 Å². The SMILES string of the molecule is COc1cccc(S(=O)(=O)C(=[N+]=[N-])S(=O)(=O)C2CCCCC2)c1. The van der Waals surface area contributed by atoms with Crippen LogP contribution in [0.4, 0.5) is 0 Å². The van der Waals surface area contributed by atoms with Gasteiger partial charge >= 0.3 is 4.38 Å². The summed E-state index contributed by atoms with van der Waals surface area (Å²) in [5.41, 5.74) is 9.11. The molecule has 1 aromatic carbocycles. The Labute approximate surface area is 135 Å². The second-order valence-corrected chi connectivity index (χ2v) is 9.62. The highest BCUT2D eigenvalue weighted by Gasteiger charge is 2.47. The average molecular weight is 358 g/mol. The molecule has 2 rings (SSSR count). The molecule has 7 nitrogen and oxygen atoms in total. The van der Waals surface area contributed by atoms with Gasteiger partial charge in [-0.3, -0.25) is 0 Å². The van der Waals surface area contributed by atoms with E-state index in [1.807, 2.05) is 0 Å². The van der Waals surface area contributed by atoms with Crippen molar-refractivity contribution in [3.63, 3.8) is 0 Å². The Morgan fingerprint density at radius 3 is 2.39 bits per heavy atom. The molecule has 1 aromatic rings. The predicted octanol–water partition coefficient (Wildman–Crippen LogP) is 1.80. The highest BCUT2D eigenvalue weighted by molar-refractivity contribution is 8.31. The summed E-state index contributed by atoms with van der Waals surface area (Å²) in [6.07, 6.45) is 3.08. The van der Waals surface area contributed by atoms with Crippen molar-refractivity contribution in [1.29, 1.82) is 0 Å². The fraction of sp³-hybridized carbons (Fsp3) is 0.500. The molecule has 1 aliphatic rings. The Kier molecular flexibility index (Phi) is 5.23. The van der Waals surface area contributed by atoms with Crippen LogP contribution in [0, 0.1) is 0 Å². The van der Waals surface area contributed by atoms with E-state index in [4.69, 9.17) is 10.3 Å². The number of rotatable bonds is 3. The maximum atomic E-state index is 12.6. The van der Waals surface area contributed by atoms with E-state index in [-0.39, 0.29) is 10.6 Å². The molecule has 0 atom stereocenters. The van der Waals surface area contributed by atoms with E-state index in [2.05, 4.69) is 4.79 Å². The second-order valence-electron chi connectivity index (χ2n) is 5.35. The third kappa shape index (κ3) is 3.46. The minimum Gasteiger partial charge on any atom is -0.497 e. The number of hydrogen-bond acceptors (Lipinski definition) is 5. The van der Waals surface area contributed by atoms with Crippen LogP contribution in [0.1, 0.15) is 32.1 Å². The zero-order valence-electron chi connectivity index (χ0n) is 12.7. The molecule has 0 amide bonds. The maximum absolute atomic E-state index is 12.6. The van der Waals surface area contributed by atoms with Gasteiger partial charge in [0, 0.05) is 0 Å². The van der Waals surface area contributed by atoms with Crippen molar-refractivity contribution in [2.24, 2.45) is 0 Å². The standard InChI is InChI=1S/C14H18N2O5S2/c1-21-11-6-5-9-13(10-11)23(19,20)14(16-15)22(17,18)12-7-3-2-4-8-12/h5-6,9-10,12H,2-4,7-8H2,1H3. The van der Waals surface area contributed by atoms with Crippen molar-refractivity contribution in [2.45, 2.75) is 42.2 Å². The molecule has 126 valence electrons. The molecule has 1 fully saturated rings. The number of nitrogens with zero attached hydrogens (tertiary/aromatic N) is 2. The number of methoxy groups -OCH3 is 1. The molecule has 0 aromatic heterocycles. The van der Waals surface area contributed by atoms with E-state index in [1.54, 1.807) is 0 Å². The maximum Gasteiger partial charge on any atom is 0.499 e. The van der Waals surface area contributed by atoms with E-state index < -0.39 is 29.3 Å². The van der Waals surface area contributed by atoms with Crippen molar-refractivity contribution >= 4 is 24.1 Å². The first-order valence-electron chi connectivity index (χ1n) is 7.19. The minimum absolute atomic E-state index is 0.262. The average Bonchev–Trinajstić information content (AvgIpc) is 2.56. The summed E-state index contributed by atoms with van der Waals surface area (Å²) < 4.78 is 54.1. The smallest absolute Gasteiger partial charge is 0.497 e. The molecule has 0 radical (unpaired) electrons. The Balaban J connectivity index is 2.49. The Morgan fingerprint density at radius 2 is 1.83 bits per heavy atom. The lowest BCUT2D eigenvalue weighted by Crippen LogP contribution is -2.35. The van der Waals surface area contributed by atoms with Crippen molar-refractivity contribution in [3.8, 4) is 5.75 Å². The molecule has 0 N–H and O–H groups in total. The zero-order valence-corrected chi connectivity index (χ0v) is 14.3. The number of hydrogen-bond donors (Lipinski definition) is 0. The first-order chi connectivity index (χ1) is 10.8. The molecule has 23 heavy (non-hydrogen) atoms. The van der Waals surface area contributed by atoms with E-state index in [0.29, 0.717) is 25.7 Å². The topological polar surface area (TPSA) is 114 Å². The van der Waals surface area contributed by atoms with Crippen LogP contribution in [0.5, 0.6) is 5.75 Å². The lowest BCUT2D eigenvalue weighted by molar-refractivity contribution is 0.00370. The molecular weight excluding hydrogens is 340 g/mol. The van der Waals surface area contributed by atoms with Crippen LogP contribution in [0.3, 0.4) is 0 Å². The van der Waals surface area contributed by atoms with Crippen molar-refractivity contribution in [1.82, 2.24) is 0 Å². The number of benzene rings is 1. The van der Waals surface area contributed by atoms with Crippen molar-refractivity contribution < 1.29 is 26.4 Å². The molecule has 9 heteroatoms. The lowest BCUT2D eigenvalue weighted by atomic mass is 10.0. The Bertz CT molecular complexity index is 834. The summed E-state index contributed by atoms with van der Waals surface area (Å²) in [6.45, 7) is 0. The van der Waals surface area contributed by atoms with Gasteiger partial charge in [-0.2, -0.15) is 0 Å². The van der Waals surface area contributed by atoms with Gasteiger partial charge in [0.25, 0.3) is 19.7 Å². The van der Waals surface area contributed by atoms with Gasteiger partial charge < -0.3 is 10.3 Å². The van der Waals surface area contributed by atoms with Crippen LogP contribution in [-0.2, 0) is 19.7 Å². The first-order valence-corrected chi connectivity index (χ1v) is 10.2. The van der Waals surface area contributed by atoms with Gasteiger partial charge in [0.05, 0.1) is 17.3 Å². The summed E-state index contributed by atoms with van der Waals surface area (Å²) in [4.78, 5) is 2.35. The van der Waals surface area contributed by atoms with Crippen LogP contribution in [0.25, 0.3) is 5.53 Å². The molecule has 0 unspecified atom stereocenters. The van der Waals surface area contributed by atoms with Gasteiger partial charge in [-0.15, -0.1) is 4.79 Å². The Hall–Kier alpha value is -1.70. The summed E-state index contributed by atoms with van der Waals surface area (Å²) in [7, 11) is -7.32. The normalized spacial score (nSPS) is 16.6. The summed E-state index contributed by atoms with van der Waals surface area (Å²) in [6, 6.07) is 5.38. The fourth-order valence-corrected chi connectivity index (χ4v) is 6.76. The van der Waals surface area contributed by atoms with Gasteiger partial charge in [-0.25, -0.2) is 16.8 Å². The number of sulfone groups is 2. The molecule has 0 saturated heterocycles. The molecule has 0 bridgehead atoms. The van der Waals surface area contributed by atoms with Gasteiger partial charge in [-0.1, -0.05) is 25.3 Å². The van der Waals surface area contributed by atoms with Crippen LogP contribution >= 0.6 is 0 Å². The highest BCUT2D eigenvalue weighted by Crippen LogP contribution is 2.28. The quantitative estimate of drug-likeness (QED) is 0.354. The van der Waals surface area contributed by atoms with Crippen LogP contribution < -0.4 is 4.74 Å². The van der Waals surface area contributed by atoms with Crippen LogP contribution in [0.2, 0.25) is 0 Å². The van der Waals surface area contributed by atoms with E-state index >= 15 is 0 Å². The zero-order chi connectivity index (χ0) is 17.1. The number of ether oxygens (including phenoxy) is 1. The monoisotopic (exact) mass is 358 g/mol. The second kappa shape index (κ2) is 6.82. The molecule has 0 heterocycles. The first kappa shape index (κ1) is 17.7. The minimum atomic E-state index is -4.46. The van der Waals surface area contributed by atoms with Crippen molar-refractivity contribution in [3.05, 3.63) is 29.8 Å². The van der Waals surface area contributed by atoms with Gasteiger partial charge in [0.2, 0.25) is 0 Å².